The highest BCUT2D eigenvalue weighted by Gasteiger charge is 2.39. The second-order valence-electron chi connectivity index (χ2n) is 22.3. The predicted octanol–water partition coefficient (Wildman–Crippen LogP) is 20.7. The molecule has 0 spiro atoms. The highest BCUT2D eigenvalue weighted by molar-refractivity contribution is 8.01. The van der Waals surface area contributed by atoms with E-state index in [1.165, 1.54) is 83.6 Å². The molecular formula is C74H51N3O6S6. The van der Waals surface area contributed by atoms with Crippen LogP contribution < -0.4 is 14.8 Å². The third-order valence-corrected chi connectivity index (χ3v) is 23.8. The maximum absolute atomic E-state index is 14.0. The zero-order valence-corrected chi connectivity index (χ0v) is 52.7. The lowest BCUT2D eigenvalue weighted by atomic mass is 9.87. The van der Waals surface area contributed by atoms with Gasteiger partial charge in [-0.25, -0.2) is 9.59 Å². The first-order valence-electron chi connectivity index (χ1n) is 29.1. The molecule has 0 saturated carbocycles. The number of esters is 1. The van der Waals surface area contributed by atoms with Gasteiger partial charge >= 0.3 is 12.1 Å². The van der Waals surface area contributed by atoms with Gasteiger partial charge in [0.15, 0.2) is 4.34 Å². The molecule has 9 nitrogen and oxygen atoms in total. The zero-order chi connectivity index (χ0) is 59.7. The van der Waals surface area contributed by atoms with Crippen molar-refractivity contribution in [3.05, 3.63) is 212 Å². The van der Waals surface area contributed by atoms with Crippen LogP contribution in [0.25, 0.3) is 136 Å². The molecule has 0 atom stereocenters. The number of hydrogen-bond acceptors (Lipinski definition) is 14. The summed E-state index contributed by atoms with van der Waals surface area (Å²) in [5.74, 6) is 1.14. The summed E-state index contributed by atoms with van der Waals surface area (Å²) in [5.41, 5.74) is 8.86. The van der Waals surface area contributed by atoms with Gasteiger partial charge in [0.2, 0.25) is 0 Å². The van der Waals surface area contributed by atoms with E-state index in [1.54, 1.807) is 22.7 Å². The standard InChI is InChI=1S/C74H51N3O6S6/c1-3-65(78)80-33-32-75-72(79)83-40-74(41-84-73-77-76-42(2)85-73)38-81-66-57(55-26-14-24-53-49-18-6-10-30-63(49)88-70(53)55)34-43(45-20-12-22-51-47-16-4-8-28-61(47)86-68(45)51)36-59(66)60-37-44(46-21-13-23-52-48-17-5-9-29-62(48)87-69(46)52)35-58(67(60)82-39-74)56-27-15-25-54-50-19-7-11-31-64(50)89-71(54)56/h3-31,34-37H,1,32-33,38-41H2,2H3,(H,75,79). The molecule has 16 rings (SSSR count). The van der Waals surface area contributed by atoms with Crippen molar-refractivity contribution in [1.82, 2.24) is 15.5 Å². The van der Waals surface area contributed by atoms with Crippen LogP contribution in [-0.2, 0) is 14.3 Å². The van der Waals surface area contributed by atoms with E-state index in [9.17, 15) is 9.59 Å². The van der Waals surface area contributed by atoms with E-state index >= 15 is 0 Å². The summed E-state index contributed by atoms with van der Waals surface area (Å²) >= 11 is 10.3. The Labute approximate surface area is 535 Å². The molecular weight excluding hydrogens is 1220 g/mol. The Hall–Kier alpha value is -8.93. The number of nitrogens with zero attached hydrogens (tertiary/aromatic N) is 2. The van der Waals surface area contributed by atoms with E-state index < -0.39 is 17.5 Å². The Morgan fingerprint density at radius 2 is 0.899 bits per heavy atom. The lowest BCUT2D eigenvalue weighted by Crippen LogP contribution is -2.43. The predicted molar refractivity (Wildman–Crippen MR) is 374 cm³/mol. The van der Waals surface area contributed by atoms with Crippen molar-refractivity contribution in [2.45, 2.75) is 11.3 Å². The first-order chi connectivity index (χ1) is 43.7. The van der Waals surface area contributed by atoms with E-state index in [1.807, 2.05) is 29.6 Å². The smallest absolute Gasteiger partial charge is 0.407 e. The number of ether oxygens (including phenoxy) is 4. The monoisotopic (exact) mass is 1270 g/mol. The minimum Gasteiger partial charge on any atom is -0.491 e. The second kappa shape index (κ2) is 22.9. The Morgan fingerprint density at radius 3 is 1.31 bits per heavy atom. The van der Waals surface area contributed by atoms with Crippen LogP contribution in [0.1, 0.15) is 5.01 Å². The van der Waals surface area contributed by atoms with Crippen LogP contribution in [0.15, 0.2) is 211 Å². The number of fused-ring (bicyclic) bond motifs is 15. The molecule has 15 aromatic rings. The summed E-state index contributed by atoms with van der Waals surface area (Å²) in [7, 11) is 0. The Balaban J connectivity index is 1.00. The Bertz CT molecular complexity index is 5080. The van der Waals surface area contributed by atoms with E-state index in [0.29, 0.717) is 17.3 Å². The van der Waals surface area contributed by atoms with Gasteiger partial charge in [0.1, 0.15) is 42.9 Å². The van der Waals surface area contributed by atoms with E-state index in [2.05, 4.69) is 216 Å². The fourth-order valence-corrected chi connectivity index (χ4v) is 19.3. The van der Waals surface area contributed by atoms with Crippen LogP contribution in [0.4, 0.5) is 4.79 Å². The average molecular weight is 1270 g/mol. The van der Waals surface area contributed by atoms with Crippen molar-refractivity contribution in [1.29, 1.82) is 0 Å². The van der Waals surface area contributed by atoms with E-state index in [0.717, 1.165) is 91.2 Å². The van der Waals surface area contributed by atoms with Gasteiger partial charge in [0.25, 0.3) is 0 Å². The summed E-state index contributed by atoms with van der Waals surface area (Å²) in [6, 6.07) is 70.5. The number of aryl methyl sites for hydroxylation is 1. The fraction of sp³-hybridized carbons (Fsp3) is 0.108. The minimum absolute atomic E-state index is 0.0341. The third-order valence-electron chi connectivity index (χ3n) is 16.6. The lowest BCUT2D eigenvalue weighted by molar-refractivity contribution is -0.137. The summed E-state index contributed by atoms with van der Waals surface area (Å²) in [5, 5.41) is 22.1. The van der Waals surface area contributed by atoms with Gasteiger partial charge in [-0.15, -0.1) is 55.5 Å². The number of amides is 1. The van der Waals surface area contributed by atoms with Crippen LogP contribution in [0.3, 0.4) is 0 Å². The van der Waals surface area contributed by atoms with Crippen molar-refractivity contribution in [2.75, 3.05) is 38.7 Å². The molecule has 0 radical (unpaired) electrons. The maximum Gasteiger partial charge on any atom is 0.407 e. The molecule has 0 bridgehead atoms. The number of rotatable bonds is 13. The molecule has 0 saturated heterocycles. The molecule has 1 aliphatic rings. The maximum atomic E-state index is 14.0. The first kappa shape index (κ1) is 55.4. The molecule has 5 aromatic heterocycles. The summed E-state index contributed by atoms with van der Waals surface area (Å²) in [4.78, 5) is 25.9. The first-order valence-corrected chi connectivity index (χ1v) is 34.2. The van der Waals surface area contributed by atoms with Gasteiger partial charge in [-0.2, -0.15) is 0 Å². The fourth-order valence-electron chi connectivity index (χ4n) is 12.4. The molecule has 0 aliphatic carbocycles. The summed E-state index contributed by atoms with van der Waals surface area (Å²) in [6.45, 7) is 5.45. The largest absolute Gasteiger partial charge is 0.491 e. The van der Waals surface area contributed by atoms with Gasteiger partial charge in [-0.1, -0.05) is 175 Å². The van der Waals surface area contributed by atoms with Crippen molar-refractivity contribution < 1.29 is 28.5 Å². The van der Waals surface area contributed by atoms with Crippen LogP contribution >= 0.6 is 68.4 Å². The van der Waals surface area contributed by atoms with Gasteiger partial charge in [-0.3, -0.25) is 0 Å². The van der Waals surface area contributed by atoms with E-state index in [4.69, 9.17) is 18.9 Å². The SMILES string of the molecule is C=CC(=O)OCCNC(=O)OCC1(CSc2nnc(C)s2)COc2c(cc(-c3cccc4c3sc3ccccc34)cc2-c2cccc3c2sc2ccccc23)-c2cc(-c3cccc4c3sc3ccccc34)cc(-c3cccc4c3sc3ccccc34)c2OC1. The van der Waals surface area contributed by atoms with Crippen LogP contribution in [-0.4, -0.2) is 61.0 Å². The minimum atomic E-state index is -1.03. The quantitative estimate of drug-likeness (QED) is 0.0522. The van der Waals surface area contributed by atoms with Crippen LogP contribution in [0, 0.1) is 12.3 Å². The molecule has 434 valence electrons. The number of nitrogens with one attached hydrogen (secondary N) is 1. The van der Waals surface area contributed by atoms with Crippen molar-refractivity contribution >= 4 is 161 Å². The molecule has 1 amide bonds. The zero-order valence-electron chi connectivity index (χ0n) is 47.8. The number of benzene rings is 10. The topological polar surface area (TPSA) is 109 Å². The van der Waals surface area contributed by atoms with Crippen molar-refractivity contribution in [3.63, 3.8) is 0 Å². The molecule has 10 aromatic carbocycles. The molecule has 0 fully saturated rings. The van der Waals surface area contributed by atoms with Gasteiger partial charge < -0.3 is 24.3 Å². The third kappa shape index (κ3) is 9.97. The number of thiophene rings is 4. The normalized spacial score (nSPS) is 13.1. The number of aromatic nitrogens is 2. The average Bonchev–Trinajstić information content (AvgIpc) is 1.98. The lowest BCUT2D eigenvalue weighted by Gasteiger charge is -2.32. The second-order valence-corrected chi connectivity index (χ2v) is 28.9. The van der Waals surface area contributed by atoms with Crippen LogP contribution in [0.2, 0.25) is 0 Å². The molecule has 89 heavy (non-hydrogen) atoms. The highest BCUT2D eigenvalue weighted by Crippen LogP contribution is 2.56. The van der Waals surface area contributed by atoms with E-state index in [-0.39, 0.29) is 33.0 Å². The number of carbonyl (C=O) groups is 2. The van der Waals surface area contributed by atoms with Crippen LogP contribution in [0.5, 0.6) is 11.5 Å². The summed E-state index contributed by atoms with van der Waals surface area (Å²) < 4.78 is 37.4. The van der Waals surface area contributed by atoms with Gasteiger partial charge in [0, 0.05) is 126 Å². The molecule has 1 aliphatic heterocycles. The van der Waals surface area contributed by atoms with Crippen molar-refractivity contribution in [3.8, 4) is 67.1 Å². The Morgan fingerprint density at radius 1 is 0.506 bits per heavy atom. The summed E-state index contributed by atoms with van der Waals surface area (Å²) in [6.07, 6.45) is 0.417. The number of alkyl carbamates (subject to hydrolysis) is 1. The number of carbonyl (C=O) groups excluding carboxylic acids is 2. The van der Waals surface area contributed by atoms with Gasteiger partial charge in [-0.05, 0) is 77.7 Å². The molecule has 6 heterocycles. The number of hydrogen-bond donors (Lipinski definition) is 1. The van der Waals surface area contributed by atoms with Crippen molar-refractivity contribution in [2.24, 2.45) is 5.41 Å². The molecule has 1 N–H and O–H groups in total. The highest BCUT2D eigenvalue weighted by atomic mass is 32.2. The number of thioether (sulfide) groups is 1. The van der Waals surface area contributed by atoms with Gasteiger partial charge in [0.05, 0.1) is 12.0 Å². The molecule has 15 heteroatoms. The Kier molecular flexibility index (Phi) is 14.3. The molecule has 0 unspecified atom stereocenters.